The number of hydrogen-bond donors (Lipinski definition) is 1. The van der Waals surface area contributed by atoms with Gasteiger partial charge >= 0.3 is 0 Å². The van der Waals surface area contributed by atoms with Crippen LogP contribution in [0, 0.1) is 17.8 Å². The van der Waals surface area contributed by atoms with Gasteiger partial charge in [0.2, 0.25) is 5.91 Å². The molecule has 0 aromatic heterocycles. The number of carbonyl (C=O) groups is 2. The van der Waals surface area contributed by atoms with Crippen molar-refractivity contribution in [1.29, 1.82) is 0 Å². The summed E-state index contributed by atoms with van der Waals surface area (Å²) in [5.41, 5.74) is 1.84. The topological polar surface area (TPSA) is 71.1 Å². The maximum atomic E-state index is 13.0. The van der Waals surface area contributed by atoms with Gasteiger partial charge in [-0.2, -0.15) is 0 Å². The molecule has 4 atom stereocenters. The average Bonchev–Trinajstić information content (AvgIpc) is 3.64. The molecular formula is C28H35N3O4. The highest BCUT2D eigenvalue weighted by molar-refractivity contribution is 5.94. The summed E-state index contributed by atoms with van der Waals surface area (Å²) in [5.74, 6) is 1.87. The van der Waals surface area contributed by atoms with Gasteiger partial charge in [0, 0.05) is 44.9 Å². The Balaban J connectivity index is 1.15. The van der Waals surface area contributed by atoms with E-state index in [4.69, 9.17) is 9.47 Å². The van der Waals surface area contributed by atoms with Gasteiger partial charge in [-0.05, 0) is 48.4 Å². The number of carbonyl (C=O) groups excluding carboxylic acids is 2. The lowest BCUT2D eigenvalue weighted by molar-refractivity contribution is -0.125. The quantitative estimate of drug-likeness (QED) is 0.633. The molecule has 0 saturated carbocycles. The van der Waals surface area contributed by atoms with Crippen molar-refractivity contribution in [1.82, 2.24) is 15.1 Å². The Kier molecular flexibility index (Phi) is 7.35. The van der Waals surface area contributed by atoms with Gasteiger partial charge in [-0.25, -0.2) is 0 Å². The van der Waals surface area contributed by atoms with Crippen LogP contribution in [0.2, 0.25) is 0 Å². The Morgan fingerprint density at radius 1 is 1.06 bits per heavy atom. The minimum absolute atomic E-state index is 0.00382. The number of nitrogens with zero attached hydrogens (tertiary/aromatic N) is 2. The molecular weight excluding hydrogens is 442 g/mol. The molecule has 3 unspecified atom stereocenters. The van der Waals surface area contributed by atoms with Gasteiger partial charge in [-0.1, -0.05) is 36.4 Å². The zero-order valence-corrected chi connectivity index (χ0v) is 20.4. The second-order valence-corrected chi connectivity index (χ2v) is 10.0. The minimum atomic E-state index is -0.0412. The van der Waals surface area contributed by atoms with Crippen LogP contribution in [0.5, 0.6) is 5.75 Å². The molecule has 0 spiro atoms. The first-order chi connectivity index (χ1) is 17.1. The summed E-state index contributed by atoms with van der Waals surface area (Å²) in [6, 6.07) is 17.7. The predicted molar refractivity (Wildman–Crippen MR) is 133 cm³/mol. The van der Waals surface area contributed by atoms with E-state index in [0.717, 1.165) is 51.1 Å². The molecule has 0 aliphatic carbocycles. The number of nitrogens with one attached hydrogen (secondary N) is 1. The predicted octanol–water partition coefficient (Wildman–Crippen LogP) is 2.98. The van der Waals surface area contributed by atoms with E-state index in [-0.39, 0.29) is 23.8 Å². The first-order valence-electron chi connectivity index (χ1n) is 12.7. The van der Waals surface area contributed by atoms with Crippen molar-refractivity contribution in [2.24, 2.45) is 17.8 Å². The maximum absolute atomic E-state index is 13.0. The van der Waals surface area contributed by atoms with Crippen molar-refractivity contribution < 1.29 is 19.1 Å². The minimum Gasteiger partial charge on any atom is -0.497 e. The molecule has 186 valence electrons. The molecule has 3 fully saturated rings. The molecule has 35 heavy (non-hydrogen) atoms. The first kappa shape index (κ1) is 23.8. The van der Waals surface area contributed by atoms with E-state index in [0.29, 0.717) is 36.4 Å². The zero-order valence-electron chi connectivity index (χ0n) is 20.4. The molecule has 2 amide bonds. The summed E-state index contributed by atoms with van der Waals surface area (Å²) in [6.07, 6.45) is 1.67. The van der Waals surface area contributed by atoms with Gasteiger partial charge in [-0.3, -0.25) is 9.59 Å². The maximum Gasteiger partial charge on any atom is 0.254 e. The average molecular weight is 478 g/mol. The molecule has 5 rings (SSSR count). The molecule has 3 aliphatic heterocycles. The van der Waals surface area contributed by atoms with Crippen LogP contribution < -0.4 is 10.1 Å². The molecule has 7 nitrogen and oxygen atoms in total. The summed E-state index contributed by atoms with van der Waals surface area (Å²) < 4.78 is 10.7. The number of rotatable bonds is 8. The van der Waals surface area contributed by atoms with Crippen molar-refractivity contribution in [3.63, 3.8) is 0 Å². The van der Waals surface area contributed by atoms with E-state index in [9.17, 15) is 9.59 Å². The van der Waals surface area contributed by atoms with Crippen molar-refractivity contribution in [2.45, 2.75) is 18.9 Å². The standard InChI is InChI=1S/C28H35N3O4/c1-34-25-9-5-8-21(14-25)28(33)31-17-23-15-30(16-24(23)18-31)12-10-26(20-6-3-2-4-7-20)29-27(32)22-11-13-35-19-22/h2-9,14,22-24,26H,10-13,15-19H2,1H3,(H,29,32)/t22?,23?,24?,26-/m0/s1. The summed E-state index contributed by atoms with van der Waals surface area (Å²) in [5, 5.41) is 3.29. The van der Waals surface area contributed by atoms with Crippen LogP contribution in [0.1, 0.15) is 34.8 Å². The highest BCUT2D eigenvalue weighted by atomic mass is 16.5. The summed E-state index contributed by atoms with van der Waals surface area (Å²) >= 11 is 0. The van der Waals surface area contributed by atoms with E-state index in [1.807, 2.05) is 47.4 Å². The van der Waals surface area contributed by atoms with Gasteiger partial charge in [0.05, 0.1) is 25.7 Å². The van der Waals surface area contributed by atoms with Crippen molar-refractivity contribution >= 4 is 11.8 Å². The fourth-order valence-electron chi connectivity index (χ4n) is 5.73. The van der Waals surface area contributed by atoms with Crippen LogP contribution in [-0.4, -0.2) is 74.7 Å². The highest BCUT2D eigenvalue weighted by Gasteiger charge is 2.41. The van der Waals surface area contributed by atoms with Crippen LogP contribution in [0.15, 0.2) is 54.6 Å². The molecule has 0 bridgehead atoms. The summed E-state index contributed by atoms with van der Waals surface area (Å²) in [7, 11) is 1.62. The Hall–Kier alpha value is -2.90. The number of methoxy groups -OCH3 is 1. The van der Waals surface area contributed by atoms with Gasteiger partial charge in [0.15, 0.2) is 0 Å². The number of ether oxygens (including phenoxy) is 2. The third kappa shape index (κ3) is 5.52. The van der Waals surface area contributed by atoms with Crippen LogP contribution >= 0.6 is 0 Å². The van der Waals surface area contributed by atoms with E-state index in [2.05, 4.69) is 22.3 Å². The molecule has 2 aromatic rings. The van der Waals surface area contributed by atoms with Crippen molar-refractivity contribution in [2.75, 3.05) is 53.0 Å². The fourth-order valence-corrected chi connectivity index (χ4v) is 5.73. The molecule has 2 aromatic carbocycles. The van der Waals surface area contributed by atoms with Gasteiger partial charge in [-0.15, -0.1) is 0 Å². The lowest BCUT2D eigenvalue weighted by Crippen LogP contribution is -2.37. The molecule has 3 saturated heterocycles. The first-order valence-corrected chi connectivity index (χ1v) is 12.7. The molecule has 3 aliphatic rings. The van der Waals surface area contributed by atoms with Crippen LogP contribution in [0.4, 0.5) is 0 Å². The normalized spacial score (nSPS) is 24.8. The lowest BCUT2D eigenvalue weighted by atomic mass is 10.0. The van der Waals surface area contributed by atoms with E-state index in [1.165, 1.54) is 0 Å². The smallest absolute Gasteiger partial charge is 0.254 e. The monoisotopic (exact) mass is 477 g/mol. The number of benzene rings is 2. The van der Waals surface area contributed by atoms with Crippen LogP contribution in [-0.2, 0) is 9.53 Å². The zero-order chi connectivity index (χ0) is 24.2. The van der Waals surface area contributed by atoms with Gasteiger partial charge in [0.1, 0.15) is 5.75 Å². The lowest BCUT2D eigenvalue weighted by Gasteiger charge is -2.25. The van der Waals surface area contributed by atoms with E-state index in [1.54, 1.807) is 7.11 Å². The summed E-state index contributed by atoms with van der Waals surface area (Å²) in [4.78, 5) is 30.3. The highest BCUT2D eigenvalue weighted by Crippen LogP contribution is 2.33. The third-order valence-electron chi connectivity index (χ3n) is 7.72. The Bertz CT molecular complexity index is 1010. The number of fused-ring (bicyclic) bond motifs is 1. The Morgan fingerprint density at radius 2 is 1.83 bits per heavy atom. The van der Waals surface area contributed by atoms with Gasteiger partial charge in [0.25, 0.3) is 5.91 Å². The summed E-state index contributed by atoms with van der Waals surface area (Å²) in [6.45, 7) is 5.72. The van der Waals surface area contributed by atoms with E-state index < -0.39 is 0 Å². The van der Waals surface area contributed by atoms with E-state index >= 15 is 0 Å². The number of hydrogen-bond acceptors (Lipinski definition) is 5. The second-order valence-electron chi connectivity index (χ2n) is 10.0. The van der Waals surface area contributed by atoms with Crippen molar-refractivity contribution in [3.8, 4) is 5.75 Å². The molecule has 1 N–H and O–H groups in total. The van der Waals surface area contributed by atoms with Gasteiger partial charge < -0.3 is 24.6 Å². The fraction of sp³-hybridized carbons (Fsp3) is 0.500. The van der Waals surface area contributed by atoms with Crippen LogP contribution in [0.25, 0.3) is 0 Å². The number of amides is 2. The Labute approximate surface area is 207 Å². The molecule has 7 heteroatoms. The number of likely N-dealkylation sites (tertiary alicyclic amines) is 2. The van der Waals surface area contributed by atoms with Crippen LogP contribution in [0.3, 0.4) is 0 Å². The van der Waals surface area contributed by atoms with Crippen molar-refractivity contribution in [3.05, 3.63) is 65.7 Å². The molecule has 0 radical (unpaired) electrons. The third-order valence-corrected chi connectivity index (χ3v) is 7.72. The SMILES string of the molecule is COc1cccc(C(=O)N2CC3CN(CC[C@H](NC(=O)C4CCOC4)c4ccccc4)CC3C2)c1. The second kappa shape index (κ2) is 10.8. The Morgan fingerprint density at radius 3 is 2.51 bits per heavy atom. The molecule has 3 heterocycles. The largest absolute Gasteiger partial charge is 0.497 e.